The molecule has 2 aromatic rings. The van der Waals surface area contributed by atoms with Crippen molar-refractivity contribution in [2.75, 3.05) is 5.32 Å². The van der Waals surface area contributed by atoms with Gasteiger partial charge in [-0.2, -0.15) is 18.4 Å². The molecule has 0 fully saturated rings. The van der Waals surface area contributed by atoms with Crippen LogP contribution in [0.2, 0.25) is 0 Å². The molecule has 0 aliphatic carbocycles. The number of nitrogens with one attached hydrogen (secondary N) is 1. The van der Waals surface area contributed by atoms with E-state index >= 15 is 0 Å². The minimum atomic E-state index is -4.46. The minimum Gasteiger partial charge on any atom is -0.322 e. The third-order valence-electron chi connectivity index (χ3n) is 2.72. The molecule has 0 unspecified atom stereocenters. The topological polar surface area (TPSA) is 52.9 Å². The Morgan fingerprint density at radius 3 is 2.33 bits per heavy atom. The van der Waals surface area contributed by atoms with Gasteiger partial charge in [0.25, 0.3) is 5.91 Å². The number of anilines is 1. The lowest BCUT2D eigenvalue weighted by Gasteiger charge is -2.10. The maximum atomic E-state index is 12.6. The molecule has 0 aliphatic heterocycles. The van der Waals surface area contributed by atoms with E-state index in [0.717, 1.165) is 12.1 Å². The third-order valence-corrected chi connectivity index (χ3v) is 2.72. The molecule has 3 nitrogen and oxygen atoms in total. The highest BCUT2D eigenvalue weighted by Crippen LogP contribution is 2.30. The molecule has 106 valence electrons. The second kappa shape index (κ2) is 5.67. The number of nitrogens with zero attached hydrogens (tertiary/aromatic N) is 1. The predicted octanol–water partition coefficient (Wildman–Crippen LogP) is 3.83. The van der Waals surface area contributed by atoms with Gasteiger partial charge < -0.3 is 5.32 Å². The van der Waals surface area contributed by atoms with E-state index in [2.05, 4.69) is 5.32 Å². The molecule has 6 heteroatoms. The van der Waals surface area contributed by atoms with Gasteiger partial charge >= 0.3 is 6.18 Å². The summed E-state index contributed by atoms with van der Waals surface area (Å²) in [5, 5.41) is 11.0. The van der Waals surface area contributed by atoms with Gasteiger partial charge in [-0.25, -0.2) is 0 Å². The minimum absolute atomic E-state index is 0.0548. The molecule has 0 saturated carbocycles. The molecular formula is C15H9F3N2O. The number of carbonyl (C=O) groups is 1. The maximum absolute atomic E-state index is 12.6. The first-order valence-corrected chi connectivity index (χ1v) is 5.89. The molecule has 0 aliphatic rings. The van der Waals surface area contributed by atoms with Crippen molar-refractivity contribution in [3.8, 4) is 6.07 Å². The van der Waals surface area contributed by atoms with Gasteiger partial charge in [-0.15, -0.1) is 0 Å². The van der Waals surface area contributed by atoms with Gasteiger partial charge in [0.15, 0.2) is 0 Å². The van der Waals surface area contributed by atoms with E-state index in [9.17, 15) is 18.0 Å². The highest BCUT2D eigenvalue weighted by molar-refractivity contribution is 6.04. The molecule has 0 radical (unpaired) electrons. The molecule has 2 rings (SSSR count). The molecule has 0 spiro atoms. The molecule has 0 atom stereocenters. The molecule has 1 amide bonds. The van der Waals surface area contributed by atoms with Crippen molar-refractivity contribution < 1.29 is 18.0 Å². The third kappa shape index (κ3) is 3.60. The van der Waals surface area contributed by atoms with Crippen LogP contribution in [0.15, 0.2) is 48.5 Å². The van der Waals surface area contributed by atoms with Crippen LogP contribution in [0.4, 0.5) is 18.9 Å². The zero-order chi connectivity index (χ0) is 15.5. The van der Waals surface area contributed by atoms with Crippen molar-refractivity contribution in [2.45, 2.75) is 6.18 Å². The van der Waals surface area contributed by atoms with Crippen LogP contribution in [0.25, 0.3) is 0 Å². The van der Waals surface area contributed by atoms with Crippen LogP contribution in [-0.4, -0.2) is 5.91 Å². The molecule has 21 heavy (non-hydrogen) atoms. The predicted molar refractivity (Wildman–Crippen MR) is 70.6 cm³/mol. The van der Waals surface area contributed by atoms with Crippen LogP contribution in [-0.2, 0) is 6.18 Å². The number of benzene rings is 2. The van der Waals surface area contributed by atoms with Gasteiger partial charge in [-0.1, -0.05) is 6.07 Å². The number of carbonyl (C=O) groups excluding carboxylic acids is 1. The van der Waals surface area contributed by atoms with E-state index in [4.69, 9.17) is 5.26 Å². The van der Waals surface area contributed by atoms with Gasteiger partial charge in [0.05, 0.1) is 17.2 Å². The number of halogens is 3. The van der Waals surface area contributed by atoms with E-state index in [0.29, 0.717) is 5.56 Å². The second-order valence-corrected chi connectivity index (χ2v) is 4.22. The van der Waals surface area contributed by atoms with Crippen molar-refractivity contribution in [3.63, 3.8) is 0 Å². The summed E-state index contributed by atoms with van der Waals surface area (Å²) in [6, 6.07) is 12.1. The van der Waals surface area contributed by atoms with Gasteiger partial charge in [0.1, 0.15) is 0 Å². The van der Waals surface area contributed by atoms with Crippen LogP contribution in [0, 0.1) is 11.3 Å². The molecular weight excluding hydrogens is 281 g/mol. The Morgan fingerprint density at radius 2 is 1.76 bits per heavy atom. The van der Waals surface area contributed by atoms with Crippen LogP contribution in [0.1, 0.15) is 21.5 Å². The molecule has 0 bridgehead atoms. The number of alkyl halides is 3. The second-order valence-electron chi connectivity index (χ2n) is 4.22. The number of hydrogen-bond acceptors (Lipinski definition) is 2. The first kappa shape index (κ1) is 14.6. The Morgan fingerprint density at radius 1 is 1.10 bits per heavy atom. The smallest absolute Gasteiger partial charge is 0.322 e. The summed E-state index contributed by atoms with van der Waals surface area (Å²) in [5.41, 5.74) is -0.128. The van der Waals surface area contributed by atoms with Crippen molar-refractivity contribution in [3.05, 3.63) is 65.2 Å². The lowest BCUT2D eigenvalue weighted by molar-refractivity contribution is -0.137. The Kier molecular flexibility index (Phi) is 3.94. The average molecular weight is 290 g/mol. The first-order valence-electron chi connectivity index (χ1n) is 5.89. The lowest BCUT2D eigenvalue weighted by atomic mass is 10.1. The summed E-state index contributed by atoms with van der Waals surface area (Å²) in [6.45, 7) is 0. The van der Waals surface area contributed by atoms with Crippen LogP contribution in [0.3, 0.4) is 0 Å². The van der Waals surface area contributed by atoms with Crippen molar-refractivity contribution in [2.24, 2.45) is 0 Å². The Labute approximate surface area is 118 Å². The highest BCUT2D eigenvalue weighted by atomic mass is 19.4. The van der Waals surface area contributed by atoms with Gasteiger partial charge in [0, 0.05) is 11.3 Å². The highest BCUT2D eigenvalue weighted by Gasteiger charge is 2.30. The Balaban J connectivity index is 2.18. The Bertz CT molecular complexity index is 700. The quantitative estimate of drug-likeness (QED) is 0.913. The molecule has 0 saturated heterocycles. The molecule has 0 aromatic heterocycles. The average Bonchev–Trinajstić information content (AvgIpc) is 2.47. The van der Waals surface area contributed by atoms with Crippen molar-refractivity contribution in [1.82, 2.24) is 0 Å². The fourth-order valence-corrected chi connectivity index (χ4v) is 1.67. The van der Waals surface area contributed by atoms with Crippen molar-refractivity contribution in [1.29, 1.82) is 5.26 Å². The summed E-state index contributed by atoms with van der Waals surface area (Å²) in [7, 11) is 0. The molecule has 1 N–H and O–H groups in total. The first-order chi connectivity index (χ1) is 9.90. The van der Waals surface area contributed by atoms with E-state index in [-0.39, 0.29) is 11.3 Å². The van der Waals surface area contributed by atoms with Crippen LogP contribution >= 0.6 is 0 Å². The largest absolute Gasteiger partial charge is 0.416 e. The number of amides is 1. The SMILES string of the molecule is N#Cc1ccc(C(=O)Nc2cccc(C(F)(F)F)c2)cc1. The summed E-state index contributed by atoms with van der Waals surface area (Å²) in [6.07, 6.45) is -4.46. The van der Waals surface area contributed by atoms with Gasteiger partial charge in [-0.3, -0.25) is 4.79 Å². The van der Waals surface area contributed by atoms with Crippen molar-refractivity contribution >= 4 is 11.6 Å². The Hall–Kier alpha value is -2.81. The van der Waals surface area contributed by atoms with E-state index in [1.165, 1.54) is 36.4 Å². The standard InChI is InChI=1S/C15H9F3N2O/c16-15(17,18)12-2-1-3-13(8-12)20-14(21)11-6-4-10(9-19)5-7-11/h1-8H,(H,20,21). The summed E-state index contributed by atoms with van der Waals surface area (Å²) in [4.78, 5) is 11.9. The fraction of sp³-hybridized carbons (Fsp3) is 0.0667. The number of rotatable bonds is 2. The van der Waals surface area contributed by atoms with Gasteiger partial charge in [0.2, 0.25) is 0 Å². The summed E-state index contributed by atoms with van der Waals surface area (Å²) < 4.78 is 37.7. The summed E-state index contributed by atoms with van der Waals surface area (Å²) in [5.74, 6) is -0.543. The number of nitriles is 1. The van der Waals surface area contributed by atoms with Crippen LogP contribution < -0.4 is 5.32 Å². The normalized spacial score (nSPS) is 10.8. The van der Waals surface area contributed by atoms with Gasteiger partial charge in [-0.05, 0) is 42.5 Å². The fourth-order valence-electron chi connectivity index (χ4n) is 1.67. The zero-order valence-corrected chi connectivity index (χ0v) is 10.6. The van der Waals surface area contributed by atoms with E-state index in [1.54, 1.807) is 0 Å². The van der Waals surface area contributed by atoms with E-state index < -0.39 is 17.6 Å². The molecule has 2 aromatic carbocycles. The molecule has 0 heterocycles. The zero-order valence-electron chi connectivity index (χ0n) is 10.6. The lowest BCUT2D eigenvalue weighted by Crippen LogP contribution is -2.13. The van der Waals surface area contributed by atoms with Crippen LogP contribution in [0.5, 0.6) is 0 Å². The maximum Gasteiger partial charge on any atom is 0.416 e. The number of hydrogen-bond donors (Lipinski definition) is 1. The summed E-state index contributed by atoms with van der Waals surface area (Å²) >= 11 is 0. The van der Waals surface area contributed by atoms with E-state index in [1.807, 2.05) is 6.07 Å². The monoisotopic (exact) mass is 290 g/mol.